The fraction of sp³-hybridized carbons (Fsp3) is 0.353. The van der Waals surface area contributed by atoms with Gasteiger partial charge in [0.15, 0.2) is 0 Å². The normalized spacial score (nSPS) is 12.1. The van der Waals surface area contributed by atoms with Crippen LogP contribution in [0, 0.1) is 13.8 Å². The van der Waals surface area contributed by atoms with Gasteiger partial charge in [-0.25, -0.2) is 0 Å². The topological polar surface area (TPSA) is 54.4 Å². The number of pyridine rings is 1. The van der Waals surface area contributed by atoms with E-state index in [4.69, 9.17) is 4.74 Å². The van der Waals surface area contributed by atoms with E-state index in [1.807, 2.05) is 56.3 Å². The summed E-state index contributed by atoms with van der Waals surface area (Å²) >= 11 is 0. The van der Waals surface area contributed by atoms with Crippen molar-refractivity contribution in [1.82, 2.24) is 10.3 Å². The number of aromatic nitrogens is 1. The van der Waals surface area contributed by atoms with E-state index in [0.29, 0.717) is 13.1 Å². The van der Waals surface area contributed by atoms with Crippen LogP contribution in [0.3, 0.4) is 0 Å². The van der Waals surface area contributed by atoms with Crippen molar-refractivity contribution in [3.05, 3.63) is 59.4 Å². The van der Waals surface area contributed by atoms with Crippen LogP contribution in [0.15, 0.2) is 42.5 Å². The number of hydrogen-bond acceptors (Lipinski definition) is 4. The van der Waals surface area contributed by atoms with Gasteiger partial charge < -0.3 is 15.2 Å². The number of benzene rings is 1. The molecule has 0 amide bonds. The number of rotatable bonds is 7. The standard InChI is InChI=1S/C17H22N2O2/c1-13-6-8-17(9-7-13)21-12-16(20)11-18-10-15-5-3-4-14(2)19-15/h3-9,16,18,20H,10-12H2,1-2H3. The van der Waals surface area contributed by atoms with E-state index < -0.39 is 6.10 Å². The highest BCUT2D eigenvalue weighted by Gasteiger charge is 2.05. The van der Waals surface area contributed by atoms with Crippen molar-refractivity contribution in [2.24, 2.45) is 0 Å². The van der Waals surface area contributed by atoms with Crippen molar-refractivity contribution < 1.29 is 9.84 Å². The number of nitrogens with zero attached hydrogens (tertiary/aromatic N) is 1. The summed E-state index contributed by atoms with van der Waals surface area (Å²) in [6.45, 7) is 5.39. The smallest absolute Gasteiger partial charge is 0.119 e. The molecule has 0 aliphatic heterocycles. The monoisotopic (exact) mass is 286 g/mol. The molecule has 2 aromatic rings. The third-order valence-electron chi connectivity index (χ3n) is 3.10. The minimum atomic E-state index is -0.545. The predicted octanol–water partition coefficient (Wildman–Crippen LogP) is 2.23. The molecule has 112 valence electrons. The maximum Gasteiger partial charge on any atom is 0.119 e. The van der Waals surface area contributed by atoms with E-state index in [9.17, 15) is 5.11 Å². The molecule has 0 radical (unpaired) electrons. The molecule has 4 nitrogen and oxygen atoms in total. The van der Waals surface area contributed by atoms with Crippen molar-refractivity contribution in [2.75, 3.05) is 13.2 Å². The quantitative estimate of drug-likeness (QED) is 0.819. The van der Waals surface area contributed by atoms with Crippen molar-refractivity contribution in [3.8, 4) is 5.75 Å². The zero-order chi connectivity index (χ0) is 15.1. The second-order valence-electron chi connectivity index (χ2n) is 5.18. The molecule has 1 unspecified atom stereocenters. The van der Waals surface area contributed by atoms with Gasteiger partial charge in [-0.3, -0.25) is 4.98 Å². The number of hydrogen-bond donors (Lipinski definition) is 2. The summed E-state index contributed by atoms with van der Waals surface area (Å²) in [5.74, 6) is 0.778. The predicted molar refractivity (Wildman–Crippen MR) is 83.4 cm³/mol. The minimum absolute atomic E-state index is 0.275. The van der Waals surface area contributed by atoms with Crippen LogP contribution in [0.4, 0.5) is 0 Å². The lowest BCUT2D eigenvalue weighted by molar-refractivity contribution is 0.106. The summed E-state index contributed by atoms with van der Waals surface area (Å²) in [5, 5.41) is 13.1. The van der Waals surface area contributed by atoms with Crippen molar-refractivity contribution in [1.29, 1.82) is 0 Å². The highest BCUT2D eigenvalue weighted by atomic mass is 16.5. The summed E-state index contributed by atoms with van der Waals surface area (Å²) in [6.07, 6.45) is -0.545. The summed E-state index contributed by atoms with van der Waals surface area (Å²) in [4.78, 5) is 4.40. The van der Waals surface area contributed by atoms with Crippen molar-refractivity contribution >= 4 is 0 Å². The number of aryl methyl sites for hydroxylation is 2. The summed E-state index contributed by atoms with van der Waals surface area (Å²) in [6, 6.07) is 13.7. The van der Waals surface area contributed by atoms with Crippen LogP contribution in [-0.2, 0) is 6.54 Å². The Balaban J connectivity index is 1.67. The van der Waals surface area contributed by atoms with Gasteiger partial charge in [0.25, 0.3) is 0 Å². The van der Waals surface area contributed by atoms with Crippen LogP contribution in [-0.4, -0.2) is 29.3 Å². The number of aliphatic hydroxyl groups is 1. The van der Waals surface area contributed by atoms with Gasteiger partial charge in [-0.05, 0) is 38.1 Å². The van der Waals surface area contributed by atoms with Gasteiger partial charge in [0.05, 0.1) is 5.69 Å². The Morgan fingerprint density at radius 2 is 1.90 bits per heavy atom. The summed E-state index contributed by atoms with van der Waals surface area (Å²) < 4.78 is 5.54. The van der Waals surface area contributed by atoms with Gasteiger partial charge in [0, 0.05) is 18.8 Å². The number of ether oxygens (including phenoxy) is 1. The molecule has 0 spiro atoms. The van der Waals surface area contributed by atoms with Crippen LogP contribution >= 0.6 is 0 Å². The molecule has 0 aliphatic carbocycles. The van der Waals surface area contributed by atoms with Crippen molar-refractivity contribution in [3.63, 3.8) is 0 Å². The Kier molecular flexibility index (Phi) is 5.72. The summed E-state index contributed by atoms with van der Waals surface area (Å²) in [5.41, 5.74) is 3.16. The SMILES string of the molecule is Cc1ccc(OCC(O)CNCc2cccc(C)n2)cc1. The molecular weight excluding hydrogens is 264 g/mol. The lowest BCUT2D eigenvalue weighted by Gasteiger charge is -2.13. The molecule has 1 atom stereocenters. The van der Waals surface area contributed by atoms with E-state index >= 15 is 0 Å². The van der Waals surface area contributed by atoms with E-state index in [2.05, 4.69) is 10.3 Å². The average molecular weight is 286 g/mol. The Morgan fingerprint density at radius 1 is 1.14 bits per heavy atom. The molecule has 0 fully saturated rings. The highest BCUT2D eigenvalue weighted by molar-refractivity contribution is 5.26. The van der Waals surface area contributed by atoms with Crippen LogP contribution in [0.1, 0.15) is 17.0 Å². The Bertz CT molecular complexity index is 555. The number of aliphatic hydroxyl groups excluding tert-OH is 1. The van der Waals surface area contributed by atoms with Crippen LogP contribution in [0.25, 0.3) is 0 Å². The summed E-state index contributed by atoms with van der Waals surface area (Å²) in [7, 11) is 0. The first kappa shape index (κ1) is 15.5. The van der Waals surface area contributed by atoms with Crippen LogP contribution in [0.5, 0.6) is 5.75 Å². The average Bonchev–Trinajstić information content (AvgIpc) is 2.47. The van der Waals surface area contributed by atoms with Gasteiger partial charge in [0.2, 0.25) is 0 Å². The first-order chi connectivity index (χ1) is 10.1. The fourth-order valence-corrected chi connectivity index (χ4v) is 1.95. The molecule has 4 heteroatoms. The zero-order valence-electron chi connectivity index (χ0n) is 12.5. The van der Waals surface area contributed by atoms with Gasteiger partial charge in [-0.15, -0.1) is 0 Å². The first-order valence-electron chi connectivity index (χ1n) is 7.14. The fourth-order valence-electron chi connectivity index (χ4n) is 1.95. The molecule has 2 N–H and O–H groups in total. The second kappa shape index (κ2) is 7.76. The highest BCUT2D eigenvalue weighted by Crippen LogP contribution is 2.11. The maximum atomic E-state index is 9.89. The van der Waals surface area contributed by atoms with Crippen LogP contribution < -0.4 is 10.1 Å². The maximum absolute atomic E-state index is 9.89. The molecule has 0 bridgehead atoms. The lowest BCUT2D eigenvalue weighted by Crippen LogP contribution is -2.31. The lowest BCUT2D eigenvalue weighted by atomic mass is 10.2. The molecular formula is C17H22N2O2. The molecule has 0 saturated carbocycles. The molecule has 1 heterocycles. The molecule has 0 aliphatic rings. The van der Waals surface area contributed by atoms with Gasteiger partial charge >= 0.3 is 0 Å². The van der Waals surface area contributed by atoms with E-state index in [1.165, 1.54) is 5.56 Å². The van der Waals surface area contributed by atoms with E-state index in [-0.39, 0.29) is 6.61 Å². The Labute approximate surface area is 125 Å². The molecule has 21 heavy (non-hydrogen) atoms. The zero-order valence-corrected chi connectivity index (χ0v) is 12.5. The first-order valence-corrected chi connectivity index (χ1v) is 7.14. The van der Waals surface area contributed by atoms with E-state index in [0.717, 1.165) is 17.1 Å². The van der Waals surface area contributed by atoms with E-state index in [1.54, 1.807) is 0 Å². The van der Waals surface area contributed by atoms with Crippen molar-refractivity contribution in [2.45, 2.75) is 26.5 Å². The molecule has 1 aromatic carbocycles. The second-order valence-corrected chi connectivity index (χ2v) is 5.18. The largest absolute Gasteiger partial charge is 0.491 e. The molecule has 0 saturated heterocycles. The minimum Gasteiger partial charge on any atom is -0.491 e. The van der Waals surface area contributed by atoms with Gasteiger partial charge in [-0.1, -0.05) is 23.8 Å². The third kappa shape index (κ3) is 5.53. The molecule has 1 aromatic heterocycles. The Hall–Kier alpha value is -1.91. The number of nitrogens with one attached hydrogen (secondary N) is 1. The van der Waals surface area contributed by atoms with Crippen LogP contribution in [0.2, 0.25) is 0 Å². The Morgan fingerprint density at radius 3 is 2.62 bits per heavy atom. The van der Waals surface area contributed by atoms with Gasteiger partial charge in [-0.2, -0.15) is 0 Å². The third-order valence-corrected chi connectivity index (χ3v) is 3.10. The van der Waals surface area contributed by atoms with Gasteiger partial charge in [0.1, 0.15) is 18.5 Å². The molecule has 2 rings (SSSR count).